The second-order valence-electron chi connectivity index (χ2n) is 8.13. The third-order valence-electron chi connectivity index (χ3n) is 5.73. The molecule has 1 amide bonds. The maximum absolute atomic E-state index is 13.2. The maximum Gasteiger partial charge on any atom is 0.233 e. The molecule has 33 heavy (non-hydrogen) atoms. The van der Waals surface area contributed by atoms with Crippen LogP contribution >= 0.6 is 11.8 Å². The molecule has 1 fully saturated rings. The summed E-state index contributed by atoms with van der Waals surface area (Å²) in [5, 5.41) is 9.44. The van der Waals surface area contributed by atoms with Crippen LogP contribution in [-0.4, -0.2) is 63.8 Å². The fourth-order valence-corrected chi connectivity index (χ4v) is 6.59. The van der Waals surface area contributed by atoms with E-state index < -0.39 is 9.84 Å². The zero-order chi connectivity index (χ0) is 23.3. The third kappa shape index (κ3) is 5.65. The molecule has 0 radical (unpaired) electrons. The smallest absolute Gasteiger partial charge is 0.233 e. The second-order valence-corrected chi connectivity index (χ2v) is 11.3. The molecule has 0 saturated carbocycles. The van der Waals surface area contributed by atoms with Gasteiger partial charge in [0.1, 0.15) is 0 Å². The topological polar surface area (TPSA) is 85.2 Å². The second kappa shape index (κ2) is 10.5. The molecular formula is C24H28N4O3S2. The number of thioether (sulfide) groups is 1. The first-order chi connectivity index (χ1) is 16.0. The van der Waals surface area contributed by atoms with E-state index in [0.29, 0.717) is 23.9 Å². The molecule has 1 aliphatic rings. The molecule has 0 spiro atoms. The number of benzene rings is 2. The average molecular weight is 485 g/mol. The number of hydrogen-bond donors (Lipinski definition) is 0. The number of para-hydroxylation sites is 1. The quantitative estimate of drug-likeness (QED) is 0.429. The Labute approximate surface area is 199 Å². The third-order valence-corrected chi connectivity index (χ3v) is 8.39. The number of sulfone groups is 1. The lowest BCUT2D eigenvalue weighted by atomic mass is 10.2. The molecule has 1 aliphatic heterocycles. The molecule has 1 atom stereocenters. The first-order valence-corrected chi connectivity index (χ1v) is 14.0. The Balaban J connectivity index is 1.57. The standard InChI is InChI=1S/C24H28N4O3S2/c1-2-3-15-27(21-14-16-33(30,31)18-21)22(29)17-32-24-26-25-23(19-10-6-4-7-11-19)28(24)20-12-8-5-9-13-20/h4-13,21H,2-3,14-18H2,1H3. The number of nitrogens with zero attached hydrogens (tertiary/aromatic N) is 4. The summed E-state index contributed by atoms with van der Waals surface area (Å²) in [5.74, 6) is 1.05. The van der Waals surface area contributed by atoms with Crippen molar-refractivity contribution in [2.24, 2.45) is 0 Å². The van der Waals surface area contributed by atoms with Crippen molar-refractivity contribution in [1.29, 1.82) is 0 Å². The van der Waals surface area contributed by atoms with Crippen molar-refractivity contribution in [1.82, 2.24) is 19.7 Å². The van der Waals surface area contributed by atoms with Crippen LogP contribution in [0, 0.1) is 0 Å². The number of aromatic nitrogens is 3. The van der Waals surface area contributed by atoms with Crippen molar-refractivity contribution >= 4 is 27.5 Å². The lowest BCUT2D eigenvalue weighted by molar-refractivity contribution is -0.130. The van der Waals surface area contributed by atoms with Crippen molar-refractivity contribution in [3.05, 3.63) is 60.7 Å². The number of unbranched alkanes of at least 4 members (excludes halogenated alkanes) is 1. The van der Waals surface area contributed by atoms with Crippen molar-refractivity contribution in [2.75, 3.05) is 23.8 Å². The molecule has 2 aromatic carbocycles. The lowest BCUT2D eigenvalue weighted by Crippen LogP contribution is -2.42. The van der Waals surface area contributed by atoms with Gasteiger partial charge in [0.25, 0.3) is 0 Å². The summed E-state index contributed by atoms with van der Waals surface area (Å²) in [6.45, 7) is 2.65. The normalized spacial score (nSPS) is 17.2. The van der Waals surface area contributed by atoms with E-state index in [9.17, 15) is 13.2 Å². The number of rotatable bonds is 9. The highest BCUT2D eigenvalue weighted by Gasteiger charge is 2.34. The van der Waals surface area contributed by atoms with Crippen LogP contribution in [0.1, 0.15) is 26.2 Å². The molecule has 2 heterocycles. The molecule has 174 valence electrons. The highest BCUT2D eigenvalue weighted by atomic mass is 32.2. The minimum absolute atomic E-state index is 0.0561. The summed E-state index contributed by atoms with van der Waals surface area (Å²) in [4.78, 5) is 15.0. The van der Waals surface area contributed by atoms with E-state index in [-0.39, 0.29) is 29.2 Å². The minimum Gasteiger partial charge on any atom is -0.338 e. The summed E-state index contributed by atoms with van der Waals surface area (Å²) < 4.78 is 26.0. The molecule has 7 nitrogen and oxygen atoms in total. The van der Waals surface area contributed by atoms with Crippen LogP contribution in [0.3, 0.4) is 0 Å². The van der Waals surface area contributed by atoms with Gasteiger partial charge in [-0.1, -0.05) is 73.6 Å². The Morgan fingerprint density at radius 3 is 2.42 bits per heavy atom. The Morgan fingerprint density at radius 1 is 1.09 bits per heavy atom. The lowest BCUT2D eigenvalue weighted by Gasteiger charge is -2.28. The zero-order valence-corrected chi connectivity index (χ0v) is 20.3. The van der Waals surface area contributed by atoms with Gasteiger partial charge in [0.15, 0.2) is 20.8 Å². The monoisotopic (exact) mass is 484 g/mol. The summed E-state index contributed by atoms with van der Waals surface area (Å²) in [7, 11) is -3.06. The van der Waals surface area contributed by atoms with Crippen LogP contribution in [0.15, 0.2) is 65.8 Å². The van der Waals surface area contributed by atoms with Gasteiger partial charge in [-0.25, -0.2) is 8.42 Å². The molecule has 4 rings (SSSR count). The zero-order valence-electron chi connectivity index (χ0n) is 18.6. The summed E-state index contributed by atoms with van der Waals surface area (Å²) in [5.41, 5.74) is 1.86. The van der Waals surface area contributed by atoms with E-state index in [0.717, 1.165) is 24.1 Å². The van der Waals surface area contributed by atoms with E-state index in [1.165, 1.54) is 11.8 Å². The largest absolute Gasteiger partial charge is 0.338 e. The van der Waals surface area contributed by atoms with Gasteiger partial charge < -0.3 is 4.90 Å². The average Bonchev–Trinajstić information content (AvgIpc) is 3.42. The molecule has 9 heteroatoms. The Bertz CT molecular complexity index is 1180. The van der Waals surface area contributed by atoms with Gasteiger partial charge in [0.05, 0.1) is 17.3 Å². The van der Waals surface area contributed by atoms with Crippen LogP contribution in [-0.2, 0) is 14.6 Å². The number of amides is 1. The number of carbonyl (C=O) groups is 1. The summed E-state index contributed by atoms with van der Waals surface area (Å²) in [6.07, 6.45) is 2.31. The van der Waals surface area contributed by atoms with Crippen LogP contribution in [0.4, 0.5) is 0 Å². The van der Waals surface area contributed by atoms with Crippen molar-refractivity contribution in [3.63, 3.8) is 0 Å². The summed E-state index contributed by atoms with van der Waals surface area (Å²) >= 11 is 1.33. The van der Waals surface area contributed by atoms with E-state index >= 15 is 0 Å². The Kier molecular flexibility index (Phi) is 7.49. The molecule has 0 N–H and O–H groups in total. The Hall–Kier alpha value is -2.65. The molecule has 3 aromatic rings. The predicted octanol–water partition coefficient (Wildman–Crippen LogP) is 3.84. The molecule has 1 unspecified atom stereocenters. The molecule has 0 aliphatic carbocycles. The van der Waals surface area contributed by atoms with Gasteiger partial charge in [0.2, 0.25) is 5.91 Å². The molecular weight excluding hydrogens is 456 g/mol. The van der Waals surface area contributed by atoms with Gasteiger partial charge in [-0.15, -0.1) is 10.2 Å². The van der Waals surface area contributed by atoms with Gasteiger partial charge in [0, 0.05) is 23.8 Å². The number of carbonyl (C=O) groups excluding carboxylic acids is 1. The van der Waals surface area contributed by atoms with Crippen LogP contribution in [0.25, 0.3) is 17.1 Å². The van der Waals surface area contributed by atoms with E-state index in [4.69, 9.17) is 0 Å². The molecule has 0 bridgehead atoms. The highest BCUT2D eigenvalue weighted by molar-refractivity contribution is 7.99. The van der Waals surface area contributed by atoms with Crippen molar-refractivity contribution in [2.45, 2.75) is 37.4 Å². The van der Waals surface area contributed by atoms with E-state index in [2.05, 4.69) is 17.1 Å². The van der Waals surface area contributed by atoms with Gasteiger partial charge in [-0.05, 0) is 25.0 Å². The molecule has 1 saturated heterocycles. The van der Waals surface area contributed by atoms with Gasteiger partial charge in [-0.3, -0.25) is 9.36 Å². The van der Waals surface area contributed by atoms with Crippen LogP contribution in [0.2, 0.25) is 0 Å². The fourth-order valence-electron chi connectivity index (χ4n) is 4.02. The highest BCUT2D eigenvalue weighted by Crippen LogP contribution is 2.28. The fraction of sp³-hybridized carbons (Fsp3) is 0.375. The van der Waals surface area contributed by atoms with Gasteiger partial charge >= 0.3 is 0 Å². The first-order valence-electron chi connectivity index (χ1n) is 11.2. The van der Waals surface area contributed by atoms with Crippen molar-refractivity contribution < 1.29 is 13.2 Å². The SMILES string of the molecule is CCCCN(C(=O)CSc1nnc(-c2ccccc2)n1-c1ccccc1)C1CCS(=O)(=O)C1. The van der Waals surface area contributed by atoms with E-state index in [1.807, 2.05) is 65.2 Å². The summed E-state index contributed by atoms with van der Waals surface area (Å²) in [6, 6.07) is 19.4. The molecule has 1 aromatic heterocycles. The maximum atomic E-state index is 13.2. The van der Waals surface area contributed by atoms with Crippen LogP contribution < -0.4 is 0 Å². The van der Waals surface area contributed by atoms with Gasteiger partial charge in [-0.2, -0.15) is 0 Å². The minimum atomic E-state index is -3.06. The first kappa shape index (κ1) is 23.5. The Morgan fingerprint density at radius 2 is 1.79 bits per heavy atom. The number of hydrogen-bond acceptors (Lipinski definition) is 6. The van der Waals surface area contributed by atoms with Crippen LogP contribution in [0.5, 0.6) is 0 Å². The van der Waals surface area contributed by atoms with E-state index in [1.54, 1.807) is 4.90 Å². The van der Waals surface area contributed by atoms with Crippen molar-refractivity contribution in [3.8, 4) is 17.1 Å². The predicted molar refractivity (Wildman–Crippen MR) is 131 cm³/mol.